The Kier molecular flexibility index (Phi) is 6.59. The molecular weight excluding hydrogens is 374 g/mol. The molecule has 7 nitrogen and oxygen atoms in total. The van der Waals surface area contributed by atoms with Gasteiger partial charge in [0.05, 0.1) is 21.3 Å². The zero-order valence-corrected chi connectivity index (χ0v) is 16.8. The van der Waals surface area contributed by atoms with E-state index in [1.165, 1.54) is 27.4 Å². The van der Waals surface area contributed by atoms with Gasteiger partial charge in [0.15, 0.2) is 11.5 Å². The van der Waals surface area contributed by atoms with E-state index in [0.29, 0.717) is 30.2 Å². The standard InChI is InChI=1S/C22H25NO6/c1-26-17-14-19(28-3)18(27-2)13-16(17)22(25)29-20(15-9-5-4-6-10-15)21(24)23-11-7-8-12-23/h4-6,9-10,13-14,20H,7-8,11-12H2,1-3H3/t20-/m1/s1. The number of rotatable bonds is 7. The number of carbonyl (C=O) groups is 2. The average molecular weight is 399 g/mol. The van der Waals surface area contributed by atoms with Gasteiger partial charge in [0.25, 0.3) is 5.91 Å². The maximum Gasteiger partial charge on any atom is 0.343 e. The molecule has 3 rings (SSSR count). The second-order valence-corrected chi connectivity index (χ2v) is 6.64. The summed E-state index contributed by atoms with van der Waals surface area (Å²) in [6.07, 6.45) is 0.870. The Labute approximate surface area is 170 Å². The lowest BCUT2D eigenvalue weighted by Crippen LogP contribution is -2.35. The van der Waals surface area contributed by atoms with E-state index in [2.05, 4.69) is 0 Å². The second kappa shape index (κ2) is 9.32. The van der Waals surface area contributed by atoms with Crippen molar-refractivity contribution < 1.29 is 28.5 Å². The molecule has 0 bridgehead atoms. The highest BCUT2D eigenvalue weighted by Gasteiger charge is 2.32. The molecule has 1 aliphatic rings. The van der Waals surface area contributed by atoms with E-state index >= 15 is 0 Å². The molecule has 2 aromatic rings. The zero-order valence-electron chi connectivity index (χ0n) is 16.8. The third-order valence-corrected chi connectivity index (χ3v) is 4.89. The monoisotopic (exact) mass is 399 g/mol. The topological polar surface area (TPSA) is 74.3 Å². The first-order valence-electron chi connectivity index (χ1n) is 9.43. The Bertz CT molecular complexity index is 861. The summed E-state index contributed by atoms with van der Waals surface area (Å²) in [5, 5.41) is 0. The molecule has 1 atom stereocenters. The largest absolute Gasteiger partial charge is 0.496 e. The third-order valence-electron chi connectivity index (χ3n) is 4.89. The van der Waals surface area contributed by atoms with Crippen molar-refractivity contribution in [2.24, 2.45) is 0 Å². The first kappa shape index (κ1) is 20.5. The molecule has 1 fully saturated rings. The molecule has 0 unspecified atom stereocenters. The Hall–Kier alpha value is -3.22. The van der Waals surface area contributed by atoms with E-state index in [1.54, 1.807) is 23.1 Å². The molecule has 154 valence electrons. The van der Waals surface area contributed by atoms with Crippen molar-refractivity contribution in [2.45, 2.75) is 18.9 Å². The van der Waals surface area contributed by atoms with Gasteiger partial charge >= 0.3 is 5.97 Å². The predicted molar refractivity (Wildman–Crippen MR) is 107 cm³/mol. The molecule has 1 amide bonds. The summed E-state index contributed by atoms with van der Waals surface area (Å²) < 4.78 is 21.6. The van der Waals surface area contributed by atoms with Crippen LogP contribution in [0.5, 0.6) is 17.2 Å². The van der Waals surface area contributed by atoms with Crippen LogP contribution in [-0.4, -0.2) is 51.2 Å². The van der Waals surface area contributed by atoms with Gasteiger partial charge in [0, 0.05) is 30.8 Å². The maximum absolute atomic E-state index is 13.1. The molecule has 1 aliphatic heterocycles. The van der Waals surface area contributed by atoms with E-state index in [1.807, 2.05) is 18.2 Å². The zero-order chi connectivity index (χ0) is 20.8. The number of benzene rings is 2. The molecule has 0 aromatic heterocycles. The lowest BCUT2D eigenvalue weighted by Gasteiger charge is -2.24. The van der Waals surface area contributed by atoms with Gasteiger partial charge < -0.3 is 23.8 Å². The summed E-state index contributed by atoms with van der Waals surface area (Å²) in [6, 6.07) is 12.1. The minimum absolute atomic E-state index is 0.153. The number of hydrogen-bond acceptors (Lipinski definition) is 6. The molecule has 0 saturated carbocycles. The van der Waals surface area contributed by atoms with Crippen molar-refractivity contribution in [1.82, 2.24) is 4.90 Å². The molecule has 7 heteroatoms. The fourth-order valence-corrected chi connectivity index (χ4v) is 3.35. The SMILES string of the molecule is COc1cc(OC)c(C(=O)O[C@@H](C(=O)N2CCCC2)c2ccccc2)cc1OC. The number of ether oxygens (including phenoxy) is 4. The molecule has 1 heterocycles. The van der Waals surface area contributed by atoms with Crippen LogP contribution in [0.2, 0.25) is 0 Å². The van der Waals surface area contributed by atoms with Crippen LogP contribution in [0.25, 0.3) is 0 Å². The molecule has 0 spiro atoms. The Morgan fingerprint density at radius 3 is 2.03 bits per heavy atom. The van der Waals surface area contributed by atoms with Crippen LogP contribution in [0.15, 0.2) is 42.5 Å². The molecule has 1 saturated heterocycles. The Morgan fingerprint density at radius 2 is 1.45 bits per heavy atom. The van der Waals surface area contributed by atoms with E-state index in [0.717, 1.165) is 12.8 Å². The van der Waals surface area contributed by atoms with Crippen LogP contribution in [-0.2, 0) is 9.53 Å². The summed E-state index contributed by atoms with van der Waals surface area (Å²) in [5.74, 6) is 0.162. The highest BCUT2D eigenvalue weighted by molar-refractivity contribution is 5.96. The fraction of sp³-hybridized carbons (Fsp3) is 0.364. The molecule has 29 heavy (non-hydrogen) atoms. The summed E-state index contributed by atoms with van der Waals surface area (Å²) >= 11 is 0. The summed E-state index contributed by atoms with van der Waals surface area (Å²) in [7, 11) is 4.42. The molecule has 0 N–H and O–H groups in total. The van der Waals surface area contributed by atoms with Crippen LogP contribution < -0.4 is 14.2 Å². The number of methoxy groups -OCH3 is 3. The predicted octanol–water partition coefficient (Wildman–Crippen LogP) is 3.23. The Balaban J connectivity index is 1.93. The fourth-order valence-electron chi connectivity index (χ4n) is 3.35. The van der Waals surface area contributed by atoms with E-state index in [-0.39, 0.29) is 17.2 Å². The number of amides is 1. The van der Waals surface area contributed by atoms with Gasteiger partial charge in [-0.15, -0.1) is 0 Å². The van der Waals surface area contributed by atoms with Crippen LogP contribution >= 0.6 is 0 Å². The molecule has 2 aromatic carbocycles. The molecular formula is C22H25NO6. The van der Waals surface area contributed by atoms with Gasteiger partial charge in [0.1, 0.15) is 11.3 Å². The molecule has 0 aliphatic carbocycles. The van der Waals surface area contributed by atoms with Crippen LogP contribution in [0.3, 0.4) is 0 Å². The lowest BCUT2D eigenvalue weighted by atomic mass is 10.1. The first-order valence-corrected chi connectivity index (χ1v) is 9.43. The van der Waals surface area contributed by atoms with Gasteiger partial charge in [-0.25, -0.2) is 4.79 Å². The normalized spacial score (nSPS) is 14.2. The summed E-state index contributed by atoms with van der Waals surface area (Å²) in [6.45, 7) is 1.33. The first-order chi connectivity index (χ1) is 14.1. The van der Waals surface area contributed by atoms with E-state index < -0.39 is 12.1 Å². The lowest BCUT2D eigenvalue weighted by molar-refractivity contribution is -0.140. The van der Waals surface area contributed by atoms with Crippen molar-refractivity contribution >= 4 is 11.9 Å². The van der Waals surface area contributed by atoms with E-state index in [4.69, 9.17) is 18.9 Å². The Morgan fingerprint density at radius 1 is 0.862 bits per heavy atom. The third kappa shape index (κ3) is 4.45. The number of likely N-dealkylation sites (tertiary alicyclic amines) is 1. The van der Waals surface area contributed by atoms with E-state index in [9.17, 15) is 9.59 Å². The minimum atomic E-state index is -1.03. The van der Waals surface area contributed by atoms with Gasteiger partial charge in [-0.3, -0.25) is 4.79 Å². The highest BCUT2D eigenvalue weighted by Crippen LogP contribution is 2.36. The number of esters is 1. The maximum atomic E-state index is 13.1. The summed E-state index contributed by atoms with van der Waals surface area (Å²) in [5.41, 5.74) is 0.775. The number of nitrogens with zero attached hydrogens (tertiary/aromatic N) is 1. The minimum Gasteiger partial charge on any atom is -0.496 e. The van der Waals surface area contributed by atoms with Crippen molar-refractivity contribution in [1.29, 1.82) is 0 Å². The van der Waals surface area contributed by atoms with Crippen molar-refractivity contribution in [3.63, 3.8) is 0 Å². The van der Waals surface area contributed by atoms with Gasteiger partial charge in [-0.2, -0.15) is 0 Å². The van der Waals surface area contributed by atoms with Gasteiger partial charge in [-0.1, -0.05) is 30.3 Å². The second-order valence-electron chi connectivity index (χ2n) is 6.64. The van der Waals surface area contributed by atoms with Crippen LogP contribution in [0.4, 0.5) is 0 Å². The van der Waals surface area contributed by atoms with Gasteiger partial charge in [-0.05, 0) is 12.8 Å². The van der Waals surface area contributed by atoms with Gasteiger partial charge in [0.2, 0.25) is 6.10 Å². The van der Waals surface area contributed by atoms with Crippen molar-refractivity contribution in [2.75, 3.05) is 34.4 Å². The number of carbonyl (C=O) groups excluding carboxylic acids is 2. The molecule has 0 radical (unpaired) electrons. The summed E-state index contributed by atoms with van der Waals surface area (Å²) in [4.78, 5) is 27.8. The van der Waals surface area contributed by atoms with Crippen LogP contribution in [0, 0.1) is 0 Å². The smallest absolute Gasteiger partial charge is 0.343 e. The quantitative estimate of drug-likeness (QED) is 0.666. The average Bonchev–Trinajstić information content (AvgIpc) is 3.31. The number of hydrogen-bond donors (Lipinski definition) is 0. The van der Waals surface area contributed by atoms with Crippen LogP contribution in [0.1, 0.15) is 34.9 Å². The van der Waals surface area contributed by atoms with Crippen molar-refractivity contribution in [3.8, 4) is 17.2 Å². The van der Waals surface area contributed by atoms with Crippen molar-refractivity contribution in [3.05, 3.63) is 53.6 Å². The highest BCUT2D eigenvalue weighted by atomic mass is 16.6.